The molecule has 1 fully saturated rings. The van der Waals surface area contributed by atoms with Crippen molar-refractivity contribution in [3.05, 3.63) is 11.1 Å². The molecule has 0 amide bonds. The average Bonchev–Trinajstić information content (AvgIpc) is 2.70. The maximum atomic E-state index is 10.8. The van der Waals surface area contributed by atoms with Crippen LogP contribution in [0.4, 0.5) is 5.13 Å². The third kappa shape index (κ3) is 2.19. The van der Waals surface area contributed by atoms with Gasteiger partial charge in [-0.3, -0.25) is 0 Å². The lowest BCUT2D eigenvalue weighted by atomic mass is 9.96. The number of aromatic nitrogens is 1. The molecule has 1 aromatic rings. The van der Waals surface area contributed by atoms with Gasteiger partial charge in [-0.2, -0.15) is 0 Å². The van der Waals surface area contributed by atoms with Crippen LogP contribution in [0.2, 0.25) is 0 Å². The fourth-order valence-electron chi connectivity index (χ4n) is 2.05. The molecule has 0 aliphatic carbocycles. The summed E-state index contributed by atoms with van der Waals surface area (Å²) in [5, 5.41) is 11.3. The summed E-state index contributed by atoms with van der Waals surface area (Å²) in [5.41, 5.74) is 0.158. The Balaban J connectivity index is 2.18. The molecule has 0 radical (unpaired) electrons. The highest BCUT2D eigenvalue weighted by molar-refractivity contribution is 7.13. The molecule has 2 rings (SSSR count). The fraction of sp³-hybridized carbons (Fsp3) is 0.636. The first-order valence-electron chi connectivity index (χ1n) is 5.53. The summed E-state index contributed by atoms with van der Waals surface area (Å²) in [5.74, 6) is -0.284. The van der Waals surface area contributed by atoms with Gasteiger partial charge in [-0.25, -0.2) is 9.78 Å². The maximum Gasteiger partial charge on any atom is 0.355 e. The number of aromatic carboxylic acids is 1. The van der Waals surface area contributed by atoms with Crippen LogP contribution >= 0.6 is 11.3 Å². The van der Waals surface area contributed by atoms with E-state index in [1.807, 2.05) is 0 Å². The van der Waals surface area contributed by atoms with Gasteiger partial charge < -0.3 is 10.0 Å². The number of piperidine rings is 1. The lowest BCUT2D eigenvalue weighted by Crippen LogP contribution is -2.41. The number of thiazole rings is 1. The van der Waals surface area contributed by atoms with Crippen LogP contribution in [0, 0.1) is 5.92 Å². The highest BCUT2D eigenvalue weighted by atomic mass is 32.1. The minimum absolute atomic E-state index is 0.158. The standard InChI is InChI=1S/C11H16N2O2S/c1-7-3-4-8(2)13(5-7)11-12-9(6-16-11)10(14)15/h6-8H,3-5H2,1-2H3,(H,14,15). The second-order valence-electron chi connectivity index (χ2n) is 4.50. The number of carboxylic acids is 1. The molecule has 1 saturated heterocycles. The summed E-state index contributed by atoms with van der Waals surface area (Å²) < 4.78 is 0. The van der Waals surface area contributed by atoms with Gasteiger partial charge in [0.25, 0.3) is 0 Å². The summed E-state index contributed by atoms with van der Waals surface area (Å²) >= 11 is 1.42. The third-order valence-electron chi connectivity index (χ3n) is 3.07. The van der Waals surface area contributed by atoms with Gasteiger partial charge in [0.1, 0.15) is 0 Å². The molecule has 1 aliphatic heterocycles. The van der Waals surface area contributed by atoms with Crippen molar-refractivity contribution in [3.8, 4) is 0 Å². The Morgan fingerprint density at radius 2 is 2.31 bits per heavy atom. The highest BCUT2D eigenvalue weighted by Crippen LogP contribution is 2.29. The van der Waals surface area contributed by atoms with Crippen molar-refractivity contribution in [1.82, 2.24) is 4.98 Å². The summed E-state index contributed by atoms with van der Waals surface area (Å²) in [6.45, 7) is 5.38. The Kier molecular flexibility index (Phi) is 3.14. The molecule has 0 spiro atoms. The van der Waals surface area contributed by atoms with Gasteiger partial charge in [0.2, 0.25) is 0 Å². The van der Waals surface area contributed by atoms with Crippen LogP contribution in [0.1, 0.15) is 37.2 Å². The summed E-state index contributed by atoms with van der Waals surface area (Å²) in [4.78, 5) is 17.2. The van der Waals surface area contributed by atoms with Crippen molar-refractivity contribution >= 4 is 22.4 Å². The number of rotatable bonds is 2. The molecule has 0 bridgehead atoms. The van der Waals surface area contributed by atoms with Crippen molar-refractivity contribution in [3.63, 3.8) is 0 Å². The van der Waals surface area contributed by atoms with E-state index in [0.29, 0.717) is 12.0 Å². The predicted molar refractivity (Wildman–Crippen MR) is 64.3 cm³/mol. The van der Waals surface area contributed by atoms with Crippen LogP contribution in [0.25, 0.3) is 0 Å². The molecule has 0 saturated carbocycles. The number of anilines is 1. The molecule has 1 aliphatic rings. The quantitative estimate of drug-likeness (QED) is 0.862. The summed E-state index contributed by atoms with van der Waals surface area (Å²) in [7, 11) is 0. The topological polar surface area (TPSA) is 53.4 Å². The van der Waals surface area contributed by atoms with Gasteiger partial charge >= 0.3 is 5.97 Å². The molecule has 16 heavy (non-hydrogen) atoms. The first-order valence-corrected chi connectivity index (χ1v) is 6.41. The number of hydrogen-bond acceptors (Lipinski definition) is 4. The first kappa shape index (κ1) is 11.4. The number of carbonyl (C=O) groups is 1. The van der Waals surface area contributed by atoms with Crippen LogP contribution in [0.15, 0.2) is 5.38 Å². The summed E-state index contributed by atoms with van der Waals surface area (Å²) in [6.07, 6.45) is 2.40. The Morgan fingerprint density at radius 1 is 1.56 bits per heavy atom. The first-order chi connectivity index (χ1) is 7.58. The van der Waals surface area contributed by atoms with Crippen LogP contribution in [-0.4, -0.2) is 28.6 Å². The molecule has 4 nitrogen and oxygen atoms in total. The van der Waals surface area contributed by atoms with Gasteiger partial charge in [-0.05, 0) is 25.7 Å². The molecule has 5 heteroatoms. The van der Waals surface area contributed by atoms with Crippen molar-refractivity contribution < 1.29 is 9.90 Å². The van der Waals surface area contributed by atoms with Gasteiger partial charge in [0.15, 0.2) is 10.8 Å². The zero-order valence-corrected chi connectivity index (χ0v) is 10.3. The monoisotopic (exact) mass is 240 g/mol. The van der Waals surface area contributed by atoms with Gasteiger partial charge in [0.05, 0.1) is 0 Å². The maximum absolute atomic E-state index is 10.8. The predicted octanol–water partition coefficient (Wildman–Crippen LogP) is 2.47. The Hall–Kier alpha value is -1.10. The fourth-order valence-corrected chi connectivity index (χ4v) is 2.96. The molecular formula is C11H16N2O2S. The molecule has 0 aromatic carbocycles. The van der Waals surface area contributed by atoms with E-state index in [-0.39, 0.29) is 5.69 Å². The van der Waals surface area contributed by atoms with Crippen LogP contribution < -0.4 is 4.90 Å². The van der Waals surface area contributed by atoms with Crippen molar-refractivity contribution in [2.24, 2.45) is 5.92 Å². The van der Waals surface area contributed by atoms with Crippen LogP contribution in [0.3, 0.4) is 0 Å². The van der Waals surface area contributed by atoms with E-state index in [9.17, 15) is 4.79 Å². The second-order valence-corrected chi connectivity index (χ2v) is 5.34. The Morgan fingerprint density at radius 3 is 2.94 bits per heavy atom. The summed E-state index contributed by atoms with van der Waals surface area (Å²) in [6, 6.07) is 0.462. The lowest BCUT2D eigenvalue weighted by molar-refractivity contribution is 0.0691. The minimum atomic E-state index is -0.944. The average molecular weight is 240 g/mol. The smallest absolute Gasteiger partial charge is 0.355 e. The lowest BCUT2D eigenvalue weighted by Gasteiger charge is -2.36. The van der Waals surface area contributed by atoms with Crippen LogP contribution in [0.5, 0.6) is 0 Å². The normalized spacial score (nSPS) is 25.8. The Bertz CT molecular complexity index is 391. The molecule has 2 unspecified atom stereocenters. The number of nitrogens with zero attached hydrogens (tertiary/aromatic N) is 2. The SMILES string of the molecule is CC1CCC(C)N(c2nc(C(=O)O)cs2)C1. The van der Waals surface area contributed by atoms with E-state index in [2.05, 4.69) is 23.7 Å². The molecule has 1 aromatic heterocycles. The van der Waals surface area contributed by atoms with Crippen LogP contribution in [-0.2, 0) is 0 Å². The van der Waals surface area contributed by atoms with E-state index >= 15 is 0 Å². The van der Waals surface area contributed by atoms with Crippen molar-refractivity contribution in [2.45, 2.75) is 32.7 Å². The third-order valence-corrected chi connectivity index (χ3v) is 3.95. The zero-order valence-electron chi connectivity index (χ0n) is 9.51. The Labute approximate surface area is 98.9 Å². The molecule has 2 heterocycles. The molecule has 1 N–H and O–H groups in total. The molecular weight excluding hydrogens is 224 g/mol. The van der Waals surface area contributed by atoms with E-state index in [1.165, 1.54) is 17.8 Å². The second kappa shape index (κ2) is 4.41. The van der Waals surface area contributed by atoms with E-state index < -0.39 is 5.97 Å². The van der Waals surface area contributed by atoms with Crippen molar-refractivity contribution in [2.75, 3.05) is 11.4 Å². The minimum Gasteiger partial charge on any atom is -0.476 e. The van der Waals surface area contributed by atoms with E-state index in [1.54, 1.807) is 5.38 Å². The molecule has 88 valence electrons. The van der Waals surface area contributed by atoms with Gasteiger partial charge in [-0.15, -0.1) is 11.3 Å². The van der Waals surface area contributed by atoms with E-state index in [0.717, 1.165) is 18.1 Å². The zero-order chi connectivity index (χ0) is 11.7. The van der Waals surface area contributed by atoms with E-state index in [4.69, 9.17) is 5.11 Å². The van der Waals surface area contributed by atoms with Crippen molar-refractivity contribution in [1.29, 1.82) is 0 Å². The molecule has 2 atom stereocenters. The largest absolute Gasteiger partial charge is 0.476 e. The number of hydrogen-bond donors (Lipinski definition) is 1. The highest BCUT2D eigenvalue weighted by Gasteiger charge is 2.25. The van der Waals surface area contributed by atoms with Gasteiger partial charge in [0, 0.05) is 18.0 Å². The number of carboxylic acid groups (broad SMARTS) is 1. The van der Waals surface area contributed by atoms with Gasteiger partial charge in [-0.1, -0.05) is 6.92 Å².